The second kappa shape index (κ2) is 9.57. The van der Waals surface area contributed by atoms with Gasteiger partial charge in [-0.05, 0) is 92.6 Å². The van der Waals surface area contributed by atoms with Crippen LogP contribution in [0.1, 0.15) is 73.3 Å². The molecule has 0 aliphatic rings. The topological polar surface area (TPSA) is 65.7 Å². The fraction of sp³-hybridized carbons (Fsp3) is 0.375. The van der Waals surface area contributed by atoms with Crippen molar-refractivity contribution in [2.75, 3.05) is 0 Å². The van der Waals surface area contributed by atoms with Gasteiger partial charge in [0.2, 0.25) is 0 Å². The molecule has 0 bridgehead atoms. The van der Waals surface area contributed by atoms with Crippen LogP contribution in [0, 0.1) is 27.7 Å². The van der Waals surface area contributed by atoms with Gasteiger partial charge < -0.3 is 9.97 Å². The number of nitrogens with one attached hydrogen (secondary N) is 2. The molecule has 4 heteroatoms. The Kier molecular flexibility index (Phi) is 6.46. The van der Waals surface area contributed by atoms with Gasteiger partial charge in [-0.15, -0.1) is 0 Å². The van der Waals surface area contributed by atoms with Crippen molar-refractivity contribution in [2.24, 2.45) is 0 Å². The maximum Gasteiger partial charge on any atom is 0.197 e. The lowest BCUT2D eigenvalue weighted by atomic mass is 9.92. The summed E-state index contributed by atoms with van der Waals surface area (Å²) in [4.78, 5) is 34.2. The van der Waals surface area contributed by atoms with Gasteiger partial charge >= 0.3 is 0 Å². The minimum absolute atomic E-state index is 0.000687. The molecule has 5 aromatic rings. The van der Waals surface area contributed by atoms with Crippen molar-refractivity contribution >= 4 is 43.6 Å². The molecule has 2 aromatic heterocycles. The smallest absolute Gasteiger partial charge is 0.197 e. The average Bonchev–Trinajstić information content (AvgIpc) is 2.82. The minimum Gasteiger partial charge on any atom is -0.354 e. The fourth-order valence-corrected chi connectivity index (χ4v) is 5.99. The number of rotatable bonds is 7. The predicted octanol–water partition coefficient (Wildman–Crippen LogP) is 7.81. The zero-order valence-corrected chi connectivity index (χ0v) is 22.2. The summed E-state index contributed by atoms with van der Waals surface area (Å²) in [5.41, 5.74) is 8.77. The molecule has 0 unspecified atom stereocenters. The largest absolute Gasteiger partial charge is 0.354 e. The Labute approximate surface area is 211 Å². The summed E-state index contributed by atoms with van der Waals surface area (Å²) in [6.45, 7) is 10.5. The molecule has 0 saturated carbocycles. The molecule has 36 heavy (non-hydrogen) atoms. The summed E-state index contributed by atoms with van der Waals surface area (Å²) in [5.74, 6) is 0. The van der Waals surface area contributed by atoms with Crippen LogP contribution >= 0.6 is 0 Å². The van der Waals surface area contributed by atoms with Gasteiger partial charge in [-0.1, -0.05) is 45.1 Å². The minimum atomic E-state index is 0.000687. The molecule has 5 rings (SSSR count). The first kappa shape index (κ1) is 24.3. The van der Waals surface area contributed by atoms with Crippen LogP contribution in [0.5, 0.6) is 0 Å². The van der Waals surface area contributed by atoms with Crippen LogP contribution in [-0.4, -0.2) is 9.97 Å². The van der Waals surface area contributed by atoms with E-state index in [0.717, 1.165) is 46.0 Å². The van der Waals surface area contributed by atoms with E-state index in [-0.39, 0.29) is 10.9 Å². The third-order valence-electron chi connectivity index (χ3n) is 7.83. The van der Waals surface area contributed by atoms with Crippen molar-refractivity contribution in [2.45, 2.75) is 79.6 Å². The highest BCUT2D eigenvalue weighted by molar-refractivity contribution is 6.04. The lowest BCUT2D eigenvalue weighted by molar-refractivity contribution is 0.606. The van der Waals surface area contributed by atoms with Crippen LogP contribution < -0.4 is 10.9 Å². The number of fused-ring (bicyclic) bond motifs is 4. The van der Waals surface area contributed by atoms with E-state index in [2.05, 4.69) is 36.8 Å². The lowest BCUT2D eigenvalue weighted by Gasteiger charge is -2.14. The molecule has 0 atom stereocenters. The summed E-state index contributed by atoms with van der Waals surface area (Å²) in [6.07, 6.45) is 8.56. The Morgan fingerprint density at radius 1 is 0.611 bits per heavy atom. The number of aromatic amines is 2. The SMILES string of the molecule is CCCCCCCCc1c(C)cc2[nH]c3cc4c(=O)c5c(C)cc(C)cc5[nH]c4cc3c(=O)c2c1C. The van der Waals surface area contributed by atoms with Crippen LogP contribution in [0.2, 0.25) is 0 Å². The number of H-pyrrole nitrogens is 2. The molecule has 0 amide bonds. The number of pyridine rings is 2. The molecule has 0 saturated heterocycles. The molecule has 2 N–H and O–H groups in total. The van der Waals surface area contributed by atoms with Crippen LogP contribution in [0.3, 0.4) is 0 Å². The molecular formula is C32H36N2O2. The standard InChI is InChI=1S/C32H36N2O2/c1-6-7-8-9-10-11-12-22-19(3)15-28-30(21(22)5)32(36)24-17-25-23(16-26(24)34-28)31(35)29-20(4)13-18(2)14-27(29)33-25/h13-17H,6-12H2,1-5H3,(H,33,35)(H,34,36). The van der Waals surface area contributed by atoms with E-state index >= 15 is 0 Å². The van der Waals surface area contributed by atoms with Crippen LogP contribution in [-0.2, 0) is 6.42 Å². The second-order valence-corrected chi connectivity index (χ2v) is 10.6. The molecule has 3 aromatic carbocycles. The number of hydrogen-bond acceptors (Lipinski definition) is 2. The predicted molar refractivity (Wildman–Crippen MR) is 154 cm³/mol. The fourth-order valence-electron chi connectivity index (χ4n) is 5.99. The molecule has 0 spiro atoms. The van der Waals surface area contributed by atoms with Gasteiger partial charge in [-0.2, -0.15) is 0 Å². The summed E-state index contributed by atoms with van der Waals surface area (Å²) in [6, 6.07) is 9.84. The zero-order valence-electron chi connectivity index (χ0n) is 22.2. The van der Waals surface area contributed by atoms with Crippen molar-refractivity contribution in [3.05, 3.63) is 78.6 Å². The van der Waals surface area contributed by atoms with Gasteiger partial charge in [0.15, 0.2) is 10.9 Å². The molecule has 0 aliphatic heterocycles. The van der Waals surface area contributed by atoms with E-state index < -0.39 is 0 Å². The third-order valence-corrected chi connectivity index (χ3v) is 7.83. The number of aryl methyl sites for hydroxylation is 4. The Balaban J connectivity index is 1.66. The molecule has 0 fully saturated rings. The van der Waals surface area contributed by atoms with E-state index in [0.29, 0.717) is 27.2 Å². The van der Waals surface area contributed by atoms with Crippen molar-refractivity contribution in [3.8, 4) is 0 Å². The van der Waals surface area contributed by atoms with E-state index in [1.807, 2.05) is 38.1 Å². The van der Waals surface area contributed by atoms with Gasteiger partial charge in [0, 0.05) is 21.5 Å². The van der Waals surface area contributed by atoms with Crippen LogP contribution in [0.25, 0.3) is 43.6 Å². The van der Waals surface area contributed by atoms with Crippen LogP contribution in [0.15, 0.2) is 39.9 Å². The number of unbranched alkanes of at least 4 members (excludes halogenated alkanes) is 5. The maximum atomic E-state index is 13.8. The van der Waals surface area contributed by atoms with Gasteiger partial charge in [0.1, 0.15) is 0 Å². The first-order valence-electron chi connectivity index (χ1n) is 13.4. The first-order chi connectivity index (χ1) is 17.3. The number of benzene rings is 3. The first-order valence-corrected chi connectivity index (χ1v) is 13.4. The third kappa shape index (κ3) is 4.13. The van der Waals surface area contributed by atoms with E-state index in [4.69, 9.17) is 0 Å². The van der Waals surface area contributed by atoms with Gasteiger partial charge in [-0.3, -0.25) is 9.59 Å². The quantitative estimate of drug-likeness (QED) is 0.184. The normalized spacial score (nSPS) is 11.9. The average molecular weight is 481 g/mol. The van der Waals surface area contributed by atoms with E-state index in [9.17, 15) is 9.59 Å². The van der Waals surface area contributed by atoms with Crippen molar-refractivity contribution < 1.29 is 0 Å². The highest BCUT2D eigenvalue weighted by Crippen LogP contribution is 2.28. The Hall–Kier alpha value is -3.40. The highest BCUT2D eigenvalue weighted by Gasteiger charge is 2.16. The van der Waals surface area contributed by atoms with Gasteiger partial charge in [0.05, 0.1) is 22.1 Å². The van der Waals surface area contributed by atoms with E-state index in [1.165, 1.54) is 43.2 Å². The Bertz CT molecular complexity index is 1760. The maximum absolute atomic E-state index is 13.8. The van der Waals surface area contributed by atoms with Gasteiger partial charge in [-0.25, -0.2) is 0 Å². The highest BCUT2D eigenvalue weighted by atomic mass is 16.1. The van der Waals surface area contributed by atoms with Crippen molar-refractivity contribution in [3.63, 3.8) is 0 Å². The molecule has 0 radical (unpaired) electrons. The second-order valence-electron chi connectivity index (χ2n) is 10.6. The zero-order chi connectivity index (χ0) is 25.6. The molecule has 186 valence electrons. The lowest BCUT2D eigenvalue weighted by Crippen LogP contribution is -2.11. The summed E-state index contributed by atoms with van der Waals surface area (Å²) >= 11 is 0. The summed E-state index contributed by atoms with van der Waals surface area (Å²) in [7, 11) is 0. The Morgan fingerprint density at radius 2 is 1.19 bits per heavy atom. The summed E-state index contributed by atoms with van der Waals surface area (Å²) in [5, 5.41) is 2.70. The molecule has 2 heterocycles. The van der Waals surface area contributed by atoms with E-state index in [1.54, 1.807) is 0 Å². The molecular weight excluding hydrogens is 444 g/mol. The van der Waals surface area contributed by atoms with Crippen molar-refractivity contribution in [1.29, 1.82) is 0 Å². The molecule has 0 aliphatic carbocycles. The molecule has 4 nitrogen and oxygen atoms in total. The van der Waals surface area contributed by atoms with Crippen LogP contribution in [0.4, 0.5) is 0 Å². The van der Waals surface area contributed by atoms with Crippen molar-refractivity contribution in [1.82, 2.24) is 9.97 Å². The number of hydrogen-bond donors (Lipinski definition) is 2. The number of aromatic nitrogens is 2. The summed E-state index contributed by atoms with van der Waals surface area (Å²) < 4.78 is 0. The van der Waals surface area contributed by atoms with Gasteiger partial charge in [0.25, 0.3) is 0 Å². The Morgan fingerprint density at radius 3 is 1.86 bits per heavy atom. The monoisotopic (exact) mass is 480 g/mol.